The second kappa shape index (κ2) is 9.96. The number of piperidine rings is 1. The fourth-order valence-electron chi connectivity index (χ4n) is 5.53. The summed E-state index contributed by atoms with van der Waals surface area (Å²) in [4.78, 5) is 2.49. The standard InChI is InChI=1S/C29H32FNO2/c30-24-9-4-21(5-10-24)27-14-8-23-20-25(32)11-15-28(23)29(27)22-6-12-26(13-7-22)33-19-18-31-16-2-1-3-17-31/h4-7,9-13,15,20,27,29,32H,1-3,8,14,16-19H2. The summed E-state index contributed by atoms with van der Waals surface area (Å²) in [6.45, 7) is 4.06. The maximum Gasteiger partial charge on any atom is 0.123 e. The molecule has 0 amide bonds. The molecule has 1 aliphatic carbocycles. The van der Waals surface area contributed by atoms with Crippen LogP contribution in [0.15, 0.2) is 66.7 Å². The Balaban J connectivity index is 1.36. The Morgan fingerprint density at radius 1 is 0.879 bits per heavy atom. The number of aryl methyl sites for hydroxylation is 1. The second-order valence-corrected chi connectivity index (χ2v) is 9.38. The highest BCUT2D eigenvalue weighted by atomic mass is 19.1. The molecule has 4 heteroatoms. The van der Waals surface area contributed by atoms with Gasteiger partial charge < -0.3 is 9.84 Å². The zero-order valence-corrected chi connectivity index (χ0v) is 19.1. The fourth-order valence-corrected chi connectivity index (χ4v) is 5.53. The van der Waals surface area contributed by atoms with Crippen molar-refractivity contribution in [2.24, 2.45) is 0 Å². The van der Waals surface area contributed by atoms with Crippen LogP contribution in [0.5, 0.6) is 11.5 Å². The monoisotopic (exact) mass is 445 g/mol. The van der Waals surface area contributed by atoms with Crippen molar-refractivity contribution in [2.45, 2.75) is 43.9 Å². The number of rotatable bonds is 6. The highest BCUT2D eigenvalue weighted by Gasteiger charge is 2.32. The van der Waals surface area contributed by atoms with Crippen molar-refractivity contribution in [3.8, 4) is 11.5 Å². The number of hydrogen-bond acceptors (Lipinski definition) is 3. The van der Waals surface area contributed by atoms with Gasteiger partial charge in [0.2, 0.25) is 0 Å². The molecule has 1 N–H and O–H groups in total. The van der Waals surface area contributed by atoms with Crippen molar-refractivity contribution in [1.82, 2.24) is 4.90 Å². The molecule has 2 aliphatic rings. The number of benzene rings is 3. The van der Waals surface area contributed by atoms with E-state index in [9.17, 15) is 9.50 Å². The largest absolute Gasteiger partial charge is 0.508 e. The van der Waals surface area contributed by atoms with Crippen LogP contribution in [0.3, 0.4) is 0 Å². The zero-order valence-electron chi connectivity index (χ0n) is 19.1. The lowest BCUT2D eigenvalue weighted by atomic mass is 9.69. The maximum absolute atomic E-state index is 13.6. The zero-order chi connectivity index (χ0) is 22.6. The topological polar surface area (TPSA) is 32.7 Å². The molecule has 1 aliphatic heterocycles. The molecule has 33 heavy (non-hydrogen) atoms. The summed E-state index contributed by atoms with van der Waals surface area (Å²) >= 11 is 0. The van der Waals surface area contributed by atoms with Crippen molar-refractivity contribution in [1.29, 1.82) is 0 Å². The van der Waals surface area contributed by atoms with Crippen molar-refractivity contribution >= 4 is 0 Å². The molecule has 0 bridgehead atoms. The number of fused-ring (bicyclic) bond motifs is 1. The average molecular weight is 446 g/mol. The summed E-state index contributed by atoms with van der Waals surface area (Å²) in [5, 5.41) is 10.0. The Morgan fingerprint density at radius 3 is 2.36 bits per heavy atom. The minimum atomic E-state index is -0.206. The van der Waals surface area contributed by atoms with Gasteiger partial charge in [0, 0.05) is 12.5 Å². The summed E-state index contributed by atoms with van der Waals surface area (Å²) in [5.41, 5.74) is 4.81. The average Bonchev–Trinajstić information content (AvgIpc) is 2.85. The van der Waals surface area contributed by atoms with E-state index < -0.39 is 0 Å². The van der Waals surface area contributed by atoms with Crippen LogP contribution >= 0.6 is 0 Å². The highest BCUT2D eigenvalue weighted by Crippen LogP contribution is 2.47. The van der Waals surface area contributed by atoms with Crippen LogP contribution < -0.4 is 4.74 Å². The smallest absolute Gasteiger partial charge is 0.123 e. The number of halogens is 1. The summed E-state index contributed by atoms with van der Waals surface area (Å²) in [6.07, 6.45) is 5.80. The Hall–Kier alpha value is -2.85. The fraction of sp³-hybridized carbons (Fsp3) is 0.379. The van der Waals surface area contributed by atoms with Gasteiger partial charge in [0.25, 0.3) is 0 Å². The molecule has 2 atom stereocenters. The Labute approximate surface area is 195 Å². The molecule has 0 saturated carbocycles. The molecular formula is C29H32FNO2. The minimum Gasteiger partial charge on any atom is -0.508 e. The van der Waals surface area contributed by atoms with Crippen LogP contribution in [-0.2, 0) is 6.42 Å². The first-order valence-corrected chi connectivity index (χ1v) is 12.2. The quantitative estimate of drug-likeness (QED) is 0.486. The van der Waals surface area contributed by atoms with Gasteiger partial charge in [-0.1, -0.05) is 36.8 Å². The molecule has 3 aromatic carbocycles. The third-order valence-corrected chi connectivity index (χ3v) is 7.25. The maximum atomic E-state index is 13.6. The van der Waals surface area contributed by atoms with Crippen molar-refractivity contribution in [2.75, 3.05) is 26.2 Å². The van der Waals surface area contributed by atoms with Crippen LogP contribution in [0.25, 0.3) is 0 Å². The summed E-state index contributed by atoms with van der Waals surface area (Å²) in [6, 6.07) is 21.1. The molecule has 5 rings (SSSR count). The number of hydrogen-bond donors (Lipinski definition) is 1. The number of likely N-dealkylation sites (tertiary alicyclic amines) is 1. The SMILES string of the molecule is Oc1ccc2c(c1)CCC(c1ccc(F)cc1)C2c1ccc(OCCN2CCCCC2)cc1. The van der Waals surface area contributed by atoms with Gasteiger partial charge in [0.05, 0.1) is 0 Å². The molecule has 1 saturated heterocycles. The molecule has 3 nitrogen and oxygen atoms in total. The molecule has 172 valence electrons. The second-order valence-electron chi connectivity index (χ2n) is 9.38. The Bertz CT molecular complexity index is 1060. The lowest BCUT2D eigenvalue weighted by molar-refractivity contribution is 0.183. The Kier molecular flexibility index (Phi) is 6.63. The Morgan fingerprint density at radius 2 is 1.61 bits per heavy atom. The third-order valence-electron chi connectivity index (χ3n) is 7.25. The number of phenolic OH excluding ortho intramolecular Hbond substituents is 1. The minimum absolute atomic E-state index is 0.155. The lowest BCUT2D eigenvalue weighted by Crippen LogP contribution is -2.33. The van der Waals surface area contributed by atoms with Crippen LogP contribution in [0.2, 0.25) is 0 Å². The molecule has 0 radical (unpaired) electrons. The summed E-state index contributed by atoms with van der Waals surface area (Å²) in [5.74, 6) is 1.42. The van der Waals surface area contributed by atoms with Crippen molar-refractivity contribution in [3.63, 3.8) is 0 Å². The van der Waals surface area contributed by atoms with Gasteiger partial charge in [-0.05, 0) is 103 Å². The number of aromatic hydroxyl groups is 1. The number of ether oxygens (including phenoxy) is 1. The normalized spacial score (nSPS) is 20.9. The first-order valence-electron chi connectivity index (χ1n) is 12.2. The van der Waals surface area contributed by atoms with E-state index in [2.05, 4.69) is 29.2 Å². The van der Waals surface area contributed by atoms with Gasteiger partial charge in [-0.2, -0.15) is 0 Å². The van der Waals surface area contributed by atoms with Gasteiger partial charge in [-0.25, -0.2) is 4.39 Å². The molecule has 3 aromatic rings. The van der Waals surface area contributed by atoms with E-state index in [0.717, 1.165) is 30.7 Å². The van der Waals surface area contributed by atoms with Gasteiger partial charge in [-0.15, -0.1) is 0 Å². The molecule has 1 heterocycles. The molecule has 0 aromatic heterocycles. The lowest BCUT2D eigenvalue weighted by Gasteiger charge is -2.35. The number of phenols is 1. The van der Waals surface area contributed by atoms with Gasteiger partial charge in [0.1, 0.15) is 23.9 Å². The van der Waals surface area contributed by atoms with Crippen LogP contribution in [-0.4, -0.2) is 36.2 Å². The first-order chi connectivity index (χ1) is 16.2. The van der Waals surface area contributed by atoms with Gasteiger partial charge in [0.15, 0.2) is 0 Å². The van der Waals surface area contributed by atoms with E-state index in [4.69, 9.17) is 4.74 Å². The number of nitrogens with zero attached hydrogens (tertiary/aromatic N) is 1. The van der Waals surface area contributed by atoms with Crippen molar-refractivity contribution < 1.29 is 14.2 Å². The van der Waals surface area contributed by atoms with E-state index >= 15 is 0 Å². The summed E-state index contributed by atoms with van der Waals surface area (Å²) in [7, 11) is 0. The predicted octanol–water partition coefficient (Wildman–Crippen LogP) is 6.26. The van der Waals surface area contributed by atoms with Crippen molar-refractivity contribution in [3.05, 3.63) is 94.8 Å². The van der Waals surface area contributed by atoms with E-state index in [1.165, 1.54) is 49.0 Å². The molecular weight excluding hydrogens is 413 g/mol. The van der Waals surface area contributed by atoms with E-state index in [1.807, 2.05) is 24.3 Å². The van der Waals surface area contributed by atoms with Gasteiger partial charge >= 0.3 is 0 Å². The molecule has 2 unspecified atom stereocenters. The van der Waals surface area contributed by atoms with Gasteiger partial charge in [-0.3, -0.25) is 4.90 Å². The third kappa shape index (κ3) is 5.06. The van der Waals surface area contributed by atoms with E-state index in [-0.39, 0.29) is 17.7 Å². The predicted molar refractivity (Wildman–Crippen MR) is 130 cm³/mol. The highest BCUT2D eigenvalue weighted by molar-refractivity contribution is 5.48. The summed E-state index contributed by atoms with van der Waals surface area (Å²) < 4.78 is 19.6. The molecule has 1 fully saturated rings. The van der Waals surface area contributed by atoms with E-state index in [0.29, 0.717) is 12.4 Å². The van der Waals surface area contributed by atoms with Crippen LogP contribution in [0.1, 0.15) is 59.8 Å². The van der Waals surface area contributed by atoms with Crippen LogP contribution in [0.4, 0.5) is 4.39 Å². The van der Waals surface area contributed by atoms with E-state index in [1.54, 1.807) is 18.2 Å². The van der Waals surface area contributed by atoms with Crippen LogP contribution in [0, 0.1) is 5.82 Å². The first kappa shape index (κ1) is 22.0. The molecule has 0 spiro atoms.